The topological polar surface area (TPSA) is 26.3 Å². The van der Waals surface area contributed by atoms with Gasteiger partial charge in [0.1, 0.15) is 0 Å². The summed E-state index contributed by atoms with van der Waals surface area (Å²) in [5.41, 5.74) is 3.73. The number of carbonyl (C=O) groups excluding carboxylic acids is 1. The van der Waals surface area contributed by atoms with Crippen molar-refractivity contribution < 1.29 is 9.53 Å². The molecule has 2 nitrogen and oxygen atoms in total. The second kappa shape index (κ2) is 6.53. The molecule has 0 radical (unpaired) electrons. The first-order valence-electron chi connectivity index (χ1n) is 6.18. The maximum atomic E-state index is 12.0. The number of hydrogen-bond acceptors (Lipinski definition) is 2. The smallest absolute Gasteiger partial charge is 0.338 e. The van der Waals surface area contributed by atoms with Gasteiger partial charge in [-0.25, -0.2) is 4.79 Å². The van der Waals surface area contributed by atoms with Crippen LogP contribution in [-0.2, 0) is 10.1 Å². The van der Waals surface area contributed by atoms with Gasteiger partial charge in [-0.05, 0) is 29.7 Å². The van der Waals surface area contributed by atoms with Crippen molar-refractivity contribution in [1.82, 2.24) is 0 Å². The molecule has 0 aromatic heterocycles. The van der Waals surface area contributed by atoms with E-state index in [1.807, 2.05) is 49.4 Å². The van der Waals surface area contributed by atoms with Gasteiger partial charge in [0.2, 0.25) is 0 Å². The molecule has 19 heavy (non-hydrogen) atoms. The fourth-order valence-corrected chi connectivity index (χ4v) is 2.49. The van der Waals surface area contributed by atoms with Crippen molar-refractivity contribution >= 4 is 21.9 Å². The molecule has 0 fully saturated rings. The van der Waals surface area contributed by atoms with Crippen molar-refractivity contribution in [3.05, 3.63) is 59.7 Å². The van der Waals surface area contributed by atoms with Crippen molar-refractivity contribution in [1.29, 1.82) is 0 Å². The van der Waals surface area contributed by atoms with E-state index in [-0.39, 0.29) is 5.97 Å². The van der Waals surface area contributed by atoms with Gasteiger partial charge in [-0.1, -0.05) is 58.4 Å². The summed E-state index contributed by atoms with van der Waals surface area (Å²) in [7, 11) is 0. The van der Waals surface area contributed by atoms with Crippen molar-refractivity contribution in [2.24, 2.45) is 0 Å². The van der Waals surface area contributed by atoms with Gasteiger partial charge in [-0.15, -0.1) is 0 Å². The molecular formula is C16H15BrO2. The molecule has 0 saturated heterocycles. The van der Waals surface area contributed by atoms with Gasteiger partial charge < -0.3 is 4.74 Å². The number of esters is 1. The van der Waals surface area contributed by atoms with Crippen LogP contribution in [0.3, 0.4) is 0 Å². The van der Waals surface area contributed by atoms with Gasteiger partial charge in [0.05, 0.1) is 12.2 Å². The van der Waals surface area contributed by atoms with Gasteiger partial charge in [0, 0.05) is 5.33 Å². The van der Waals surface area contributed by atoms with E-state index in [1.54, 1.807) is 6.07 Å². The van der Waals surface area contributed by atoms with E-state index in [9.17, 15) is 4.79 Å². The molecule has 0 aliphatic heterocycles. The summed E-state index contributed by atoms with van der Waals surface area (Å²) in [4.78, 5) is 12.0. The Morgan fingerprint density at radius 2 is 1.68 bits per heavy atom. The Morgan fingerprint density at radius 1 is 1.05 bits per heavy atom. The lowest BCUT2D eigenvalue weighted by Gasteiger charge is -2.11. The van der Waals surface area contributed by atoms with Crippen molar-refractivity contribution in [2.45, 2.75) is 12.3 Å². The Bertz CT molecular complexity index is 578. The van der Waals surface area contributed by atoms with E-state index in [0.29, 0.717) is 12.2 Å². The third-order valence-corrected chi connectivity index (χ3v) is 3.48. The van der Waals surface area contributed by atoms with Crippen LogP contribution < -0.4 is 0 Å². The zero-order valence-corrected chi connectivity index (χ0v) is 12.3. The van der Waals surface area contributed by atoms with E-state index in [0.717, 1.165) is 22.0 Å². The standard InChI is InChI=1S/C16H15BrO2/c1-2-19-16(18)15-10-6-5-9-14(15)13-8-4-3-7-12(13)11-17/h3-10H,2,11H2,1H3. The Kier molecular flexibility index (Phi) is 4.74. The number of alkyl halides is 1. The molecule has 0 heterocycles. The SMILES string of the molecule is CCOC(=O)c1ccccc1-c1ccccc1CBr. The summed E-state index contributed by atoms with van der Waals surface area (Å²) in [6, 6.07) is 15.6. The molecule has 3 heteroatoms. The number of hydrogen-bond donors (Lipinski definition) is 0. The van der Waals surface area contributed by atoms with Gasteiger partial charge in [0.25, 0.3) is 0 Å². The number of carbonyl (C=O) groups is 1. The summed E-state index contributed by atoms with van der Waals surface area (Å²) in [6.45, 7) is 2.19. The molecule has 0 aliphatic rings. The maximum absolute atomic E-state index is 12.0. The monoisotopic (exact) mass is 318 g/mol. The lowest BCUT2D eigenvalue weighted by Crippen LogP contribution is -2.06. The molecule has 0 unspecified atom stereocenters. The average molecular weight is 319 g/mol. The van der Waals surface area contributed by atoms with Crippen LogP contribution in [0.1, 0.15) is 22.8 Å². The Labute approximate surface area is 121 Å². The quantitative estimate of drug-likeness (QED) is 0.616. The molecular weight excluding hydrogens is 304 g/mol. The molecule has 0 atom stereocenters. The van der Waals surface area contributed by atoms with Crippen LogP contribution in [0.5, 0.6) is 0 Å². The minimum absolute atomic E-state index is 0.275. The number of halogens is 1. The second-order valence-corrected chi connectivity index (χ2v) is 4.62. The summed E-state index contributed by atoms with van der Waals surface area (Å²) in [5, 5.41) is 0.750. The van der Waals surface area contributed by atoms with Gasteiger partial charge >= 0.3 is 5.97 Å². The van der Waals surface area contributed by atoms with Gasteiger partial charge in [-0.3, -0.25) is 0 Å². The summed E-state index contributed by atoms with van der Waals surface area (Å²) in [5.74, 6) is -0.275. The average Bonchev–Trinajstić information content (AvgIpc) is 2.47. The van der Waals surface area contributed by atoms with E-state index < -0.39 is 0 Å². The normalized spacial score (nSPS) is 10.2. The highest BCUT2D eigenvalue weighted by molar-refractivity contribution is 9.08. The van der Waals surface area contributed by atoms with E-state index in [4.69, 9.17) is 4.74 Å². The lowest BCUT2D eigenvalue weighted by molar-refractivity contribution is 0.0527. The first-order chi connectivity index (χ1) is 9.27. The van der Waals surface area contributed by atoms with Crippen LogP contribution >= 0.6 is 15.9 Å². The fraction of sp³-hybridized carbons (Fsp3) is 0.188. The minimum Gasteiger partial charge on any atom is -0.462 e. The van der Waals surface area contributed by atoms with E-state index in [1.165, 1.54) is 0 Å². The van der Waals surface area contributed by atoms with E-state index in [2.05, 4.69) is 15.9 Å². The Balaban J connectivity index is 2.53. The zero-order valence-electron chi connectivity index (χ0n) is 10.7. The van der Waals surface area contributed by atoms with Crippen molar-refractivity contribution in [3.8, 4) is 11.1 Å². The molecule has 0 bridgehead atoms. The van der Waals surface area contributed by atoms with Crippen LogP contribution in [0.25, 0.3) is 11.1 Å². The number of ether oxygens (including phenoxy) is 1. The van der Waals surface area contributed by atoms with Crippen molar-refractivity contribution in [2.75, 3.05) is 6.61 Å². The highest BCUT2D eigenvalue weighted by Crippen LogP contribution is 2.28. The first kappa shape index (κ1) is 13.8. The van der Waals surface area contributed by atoms with E-state index >= 15 is 0 Å². The minimum atomic E-state index is -0.275. The molecule has 0 N–H and O–H groups in total. The molecule has 2 aromatic rings. The first-order valence-corrected chi connectivity index (χ1v) is 7.30. The maximum Gasteiger partial charge on any atom is 0.338 e. The molecule has 0 spiro atoms. The predicted molar refractivity (Wildman–Crippen MR) is 80.5 cm³/mol. The van der Waals surface area contributed by atoms with Crippen LogP contribution in [0.2, 0.25) is 0 Å². The van der Waals surface area contributed by atoms with Gasteiger partial charge in [-0.2, -0.15) is 0 Å². The summed E-state index contributed by atoms with van der Waals surface area (Å²) in [6.07, 6.45) is 0. The largest absolute Gasteiger partial charge is 0.462 e. The number of rotatable bonds is 4. The third-order valence-electron chi connectivity index (χ3n) is 2.87. The summed E-state index contributed by atoms with van der Waals surface area (Å²) >= 11 is 3.48. The lowest BCUT2D eigenvalue weighted by atomic mass is 9.96. The highest BCUT2D eigenvalue weighted by atomic mass is 79.9. The Morgan fingerprint density at radius 3 is 2.37 bits per heavy atom. The van der Waals surface area contributed by atoms with Crippen LogP contribution in [0.4, 0.5) is 0 Å². The molecule has 2 aromatic carbocycles. The highest BCUT2D eigenvalue weighted by Gasteiger charge is 2.14. The number of benzene rings is 2. The zero-order chi connectivity index (χ0) is 13.7. The van der Waals surface area contributed by atoms with Crippen LogP contribution in [-0.4, -0.2) is 12.6 Å². The van der Waals surface area contributed by atoms with Crippen molar-refractivity contribution in [3.63, 3.8) is 0 Å². The molecule has 0 saturated carbocycles. The molecule has 0 amide bonds. The fourth-order valence-electron chi connectivity index (χ4n) is 2.00. The van der Waals surface area contributed by atoms with Crippen LogP contribution in [0.15, 0.2) is 48.5 Å². The van der Waals surface area contributed by atoms with Gasteiger partial charge in [0.15, 0.2) is 0 Å². The van der Waals surface area contributed by atoms with Crippen LogP contribution in [0, 0.1) is 0 Å². The predicted octanol–water partition coefficient (Wildman–Crippen LogP) is 4.43. The third kappa shape index (κ3) is 3.04. The Hall–Kier alpha value is -1.61. The molecule has 98 valence electrons. The summed E-state index contributed by atoms with van der Waals surface area (Å²) < 4.78 is 5.11. The second-order valence-electron chi connectivity index (χ2n) is 4.06. The molecule has 0 aliphatic carbocycles. The molecule has 2 rings (SSSR count).